The van der Waals surface area contributed by atoms with Crippen LogP contribution in [0.15, 0.2) is 57.1 Å². The Bertz CT molecular complexity index is 729. The Morgan fingerprint density at radius 2 is 1.92 bits per heavy atom. The van der Waals surface area contributed by atoms with Crippen LogP contribution in [0.5, 0.6) is 11.5 Å². The Morgan fingerprint density at radius 3 is 2.58 bits per heavy atom. The van der Waals surface area contributed by atoms with Crippen molar-refractivity contribution in [1.82, 2.24) is 0 Å². The van der Waals surface area contributed by atoms with E-state index in [-0.39, 0.29) is 5.96 Å². The van der Waals surface area contributed by atoms with E-state index in [0.29, 0.717) is 24.7 Å². The molecule has 0 unspecified atom stereocenters. The lowest BCUT2D eigenvalue weighted by Gasteiger charge is -2.14. The zero-order valence-electron chi connectivity index (χ0n) is 13.3. The van der Waals surface area contributed by atoms with Gasteiger partial charge >= 0.3 is 0 Å². The summed E-state index contributed by atoms with van der Waals surface area (Å²) in [5.41, 5.74) is 12.3. The van der Waals surface area contributed by atoms with E-state index < -0.39 is 0 Å². The largest absolute Gasteiger partial charge is 0.490 e. The fraction of sp³-hybridized carbons (Fsp3) is 0.176. The molecule has 0 aliphatic heterocycles. The zero-order chi connectivity index (χ0) is 17.4. The summed E-state index contributed by atoms with van der Waals surface area (Å²) in [6.07, 6.45) is 1.54. The second-order valence-corrected chi connectivity index (χ2v) is 5.66. The Balaban J connectivity index is 2.23. The van der Waals surface area contributed by atoms with Crippen molar-refractivity contribution in [2.75, 3.05) is 6.61 Å². The first-order chi connectivity index (χ1) is 11.6. The average Bonchev–Trinajstić information content (AvgIpc) is 2.55. The topological polar surface area (TPSA) is 95.2 Å². The third-order valence-corrected chi connectivity index (χ3v) is 3.53. The maximum atomic E-state index is 5.92. The van der Waals surface area contributed by atoms with E-state index in [4.69, 9.17) is 20.9 Å². The van der Waals surface area contributed by atoms with Gasteiger partial charge in [-0.2, -0.15) is 5.10 Å². The van der Waals surface area contributed by atoms with Crippen molar-refractivity contribution in [1.29, 1.82) is 0 Å². The molecule has 0 spiro atoms. The van der Waals surface area contributed by atoms with Gasteiger partial charge in [-0.3, -0.25) is 0 Å². The zero-order valence-corrected chi connectivity index (χ0v) is 14.9. The van der Waals surface area contributed by atoms with Gasteiger partial charge in [0, 0.05) is 0 Å². The predicted octanol–water partition coefficient (Wildman–Crippen LogP) is 3.03. The van der Waals surface area contributed by atoms with E-state index >= 15 is 0 Å². The third kappa shape index (κ3) is 5.27. The first-order valence-corrected chi connectivity index (χ1v) is 8.14. The highest BCUT2D eigenvalue weighted by atomic mass is 79.9. The van der Waals surface area contributed by atoms with E-state index in [9.17, 15) is 0 Å². The van der Waals surface area contributed by atoms with Crippen LogP contribution in [-0.2, 0) is 6.61 Å². The van der Waals surface area contributed by atoms with Crippen LogP contribution in [0.1, 0.15) is 18.1 Å². The summed E-state index contributed by atoms with van der Waals surface area (Å²) in [6.45, 7) is 2.87. The number of hydrogen-bond acceptors (Lipinski definition) is 4. The quantitative estimate of drug-likeness (QED) is 0.431. The molecule has 4 N–H and O–H groups in total. The Kier molecular flexibility index (Phi) is 6.62. The predicted molar refractivity (Wildman–Crippen MR) is 99.5 cm³/mol. The molecule has 0 saturated heterocycles. The van der Waals surface area contributed by atoms with Crippen LogP contribution >= 0.6 is 15.9 Å². The highest BCUT2D eigenvalue weighted by Crippen LogP contribution is 2.37. The first kappa shape index (κ1) is 17.8. The smallest absolute Gasteiger partial charge is 0.211 e. The summed E-state index contributed by atoms with van der Waals surface area (Å²) in [7, 11) is 0. The van der Waals surface area contributed by atoms with Crippen LogP contribution in [0.4, 0.5) is 0 Å². The van der Waals surface area contributed by atoms with E-state index in [0.717, 1.165) is 15.6 Å². The maximum absolute atomic E-state index is 5.92. The first-order valence-electron chi connectivity index (χ1n) is 7.35. The number of halogens is 1. The molecule has 7 heteroatoms. The van der Waals surface area contributed by atoms with Gasteiger partial charge in [0.25, 0.3) is 0 Å². The average molecular weight is 391 g/mol. The Labute approximate surface area is 149 Å². The number of nitrogens with two attached hydrogens (primary N) is 2. The Morgan fingerprint density at radius 1 is 1.17 bits per heavy atom. The van der Waals surface area contributed by atoms with Crippen LogP contribution < -0.4 is 20.9 Å². The molecular formula is C17H19BrN4O2. The summed E-state index contributed by atoms with van der Waals surface area (Å²) in [4.78, 5) is 0. The highest BCUT2D eigenvalue weighted by Gasteiger charge is 2.12. The van der Waals surface area contributed by atoms with Gasteiger partial charge in [-0.1, -0.05) is 30.3 Å². The lowest BCUT2D eigenvalue weighted by Crippen LogP contribution is -2.21. The minimum atomic E-state index is -0.0989. The number of guanidine groups is 1. The van der Waals surface area contributed by atoms with Gasteiger partial charge in [-0.15, -0.1) is 5.10 Å². The minimum Gasteiger partial charge on any atom is -0.490 e. The summed E-state index contributed by atoms with van der Waals surface area (Å²) in [5, 5.41) is 7.38. The summed E-state index contributed by atoms with van der Waals surface area (Å²) in [6, 6.07) is 13.6. The number of hydrogen-bond donors (Lipinski definition) is 2. The standard InChI is InChI=1S/C17H19BrN4O2/c1-2-23-15-9-13(10-21-22-17(19)20)8-14(18)16(15)24-11-12-6-4-3-5-7-12/h3-10H,2,11H2,1H3,(H4,19,20,22)/b21-10-. The molecule has 0 amide bonds. The van der Waals surface area contributed by atoms with Gasteiger partial charge in [0.1, 0.15) is 6.61 Å². The molecule has 0 atom stereocenters. The third-order valence-electron chi connectivity index (χ3n) is 2.94. The summed E-state index contributed by atoms with van der Waals surface area (Å²) in [5.74, 6) is 1.16. The molecule has 0 aliphatic carbocycles. The van der Waals surface area contributed by atoms with Gasteiger partial charge in [-0.05, 0) is 46.1 Å². The molecule has 2 aromatic rings. The number of ether oxygens (including phenoxy) is 2. The SMILES string of the molecule is CCOc1cc(/C=N\N=C(N)N)cc(Br)c1OCc1ccccc1. The lowest BCUT2D eigenvalue weighted by atomic mass is 10.2. The number of nitrogens with zero attached hydrogens (tertiary/aromatic N) is 2. The molecule has 0 aliphatic rings. The molecule has 0 radical (unpaired) electrons. The highest BCUT2D eigenvalue weighted by molar-refractivity contribution is 9.10. The van der Waals surface area contributed by atoms with E-state index in [1.807, 2.05) is 49.4 Å². The molecular weight excluding hydrogens is 372 g/mol. The molecule has 0 aromatic heterocycles. The molecule has 0 heterocycles. The second kappa shape index (κ2) is 8.93. The molecule has 0 bridgehead atoms. The van der Waals surface area contributed by atoms with Crippen LogP contribution in [0.3, 0.4) is 0 Å². The number of benzene rings is 2. The van der Waals surface area contributed by atoms with Gasteiger partial charge in [0.2, 0.25) is 5.96 Å². The fourth-order valence-electron chi connectivity index (χ4n) is 1.96. The van der Waals surface area contributed by atoms with Crippen molar-refractivity contribution in [2.24, 2.45) is 21.7 Å². The summed E-state index contributed by atoms with van der Waals surface area (Å²) >= 11 is 3.51. The molecule has 2 aromatic carbocycles. The van der Waals surface area contributed by atoms with Crippen LogP contribution in [0.2, 0.25) is 0 Å². The molecule has 24 heavy (non-hydrogen) atoms. The van der Waals surface area contributed by atoms with E-state index in [1.165, 1.54) is 6.21 Å². The van der Waals surface area contributed by atoms with Crippen LogP contribution in [0.25, 0.3) is 0 Å². The van der Waals surface area contributed by atoms with Crippen LogP contribution in [-0.4, -0.2) is 18.8 Å². The monoisotopic (exact) mass is 390 g/mol. The molecule has 0 fully saturated rings. The van der Waals surface area contributed by atoms with Gasteiger partial charge in [0.15, 0.2) is 11.5 Å². The van der Waals surface area contributed by atoms with Crippen molar-refractivity contribution in [3.63, 3.8) is 0 Å². The molecule has 2 rings (SSSR count). The van der Waals surface area contributed by atoms with E-state index in [2.05, 4.69) is 26.1 Å². The maximum Gasteiger partial charge on any atom is 0.211 e. The molecule has 0 saturated carbocycles. The Hall–Kier alpha value is -2.54. The van der Waals surface area contributed by atoms with Crippen molar-refractivity contribution in [3.05, 3.63) is 58.1 Å². The minimum absolute atomic E-state index is 0.0989. The van der Waals surface area contributed by atoms with Gasteiger partial charge < -0.3 is 20.9 Å². The van der Waals surface area contributed by atoms with Crippen molar-refractivity contribution in [2.45, 2.75) is 13.5 Å². The van der Waals surface area contributed by atoms with E-state index in [1.54, 1.807) is 0 Å². The fourth-order valence-corrected chi connectivity index (χ4v) is 2.53. The van der Waals surface area contributed by atoms with Gasteiger partial charge in [0.05, 0.1) is 17.3 Å². The van der Waals surface area contributed by atoms with Crippen molar-refractivity contribution >= 4 is 28.1 Å². The van der Waals surface area contributed by atoms with Crippen LogP contribution in [0, 0.1) is 0 Å². The normalized spacial score (nSPS) is 10.6. The number of rotatable bonds is 7. The van der Waals surface area contributed by atoms with Crippen molar-refractivity contribution in [3.8, 4) is 11.5 Å². The molecule has 126 valence electrons. The van der Waals surface area contributed by atoms with Crippen molar-refractivity contribution < 1.29 is 9.47 Å². The summed E-state index contributed by atoms with van der Waals surface area (Å²) < 4.78 is 12.4. The van der Waals surface area contributed by atoms with Gasteiger partial charge in [-0.25, -0.2) is 0 Å². The second-order valence-electron chi connectivity index (χ2n) is 4.81. The lowest BCUT2D eigenvalue weighted by molar-refractivity contribution is 0.267. The molecule has 6 nitrogen and oxygen atoms in total.